The summed E-state index contributed by atoms with van der Waals surface area (Å²) < 4.78 is 1.68. The van der Waals surface area contributed by atoms with Gasteiger partial charge in [-0.05, 0) is 42.6 Å². The number of hydrogen-bond donors (Lipinski definition) is 1. The van der Waals surface area contributed by atoms with Gasteiger partial charge in [-0.15, -0.1) is 0 Å². The zero-order valence-corrected chi connectivity index (χ0v) is 15.0. The van der Waals surface area contributed by atoms with Gasteiger partial charge in [0.2, 0.25) is 5.56 Å². The molecular weight excluding hydrogens is 302 g/mol. The lowest BCUT2D eigenvalue weighted by Gasteiger charge is -2.39. The third kappa shape index (κ3) is 3.65. The van der Waals surface area contributed by atoms with Crippen molar-refractivity contribution in [2.75, 3.05) is 13.1 Å². The molecule has 132 valence electrons. The molecule has 1 aliphatic carbocycles. The summed E-state index contributed by atoms with van der Waals surface area (Å²) in [6, 6.07) is 5.59. The third-order valence-electron chi connectivity index (χ3n) is 5.43. The molecule has 0 radical (unpaired) electrons. The second kappa shape index (κ2) is 6.26. The van der Waals surface area contributed by atoms with E-state index in [9.17, 15) is 9.59 Å². The highest BCUT2D eigenvalue weighted by Crippen LogP contribution is 2.52. The summed E-state index contributed by atoms with van der Waals surface area (Å²) in [5, 5.41) is 3.04. The van der Waals surface area contributed by atoms with Gasteiger partial charge in [-0.1, -0.05) is 26.8 Å². The number of aryl methyl sites for hydroxylation is 1. The van der Waals surface area contributed by atoms with Gasteiger partial charge < -0.3 is 14.8 Å². The molecule has 2 amide bonds. The molecule has 1 aromatic heterocycles. The first-order chi connectivity index (χ1) is 11.3. The minimum absolute atomic E-state index is 0.00678. The van der Waals surface area contributed by atoms with Crippen molar-refractivity contribution in [3.8, 4) is 0 Å². The minimum atomic E-state index is 0.00678. The Bertz CT molecular complexity index is 667. The molecule has 2 atom stereocenters. The van der Waals surface area contributed by atoms with E-state index in [2.05, 4.69) is 26.1 Å². The van der Waals surface area contributed by atoms with E-state index in [0.717, 1.165) is 25.8 Å². The number of rotatable bonds is 4. The van der Waals surface area contributed by atoms with Gasteiger partial charge in [0.05, 0.1) is 0 Å². The van der Waals surface area contributed by atoms with E-state index in [1.54, 1.807) is 22.9 Å². The monoisotopic (exact) mass is 331 g/mol. The Morgan fingerprint density at radius 1 is 1.29 bits per heavy atom. The molecular formula is C19H29N3O2. The molecule has 0 spiro atoms. The largest absolute Gasteiger partial charge is 0.338 e. The predicted molar refractivity (Wildman–Crippen MR) is 95.0 cm³/mol. The van der Waals surface area contributed by atoms with Gasteiger partial charge in [-0.3, -0.25) is 4.79 Å². The fraction of sp³-hybridized carbons (Fsp3) is 0.684. The van der Waals surface area contributed by atoms with Crippen LogP contribution in [0.1, 0.15) is 46.5 Å². The molecule has 1 N–H and O–H groups in total. The lowest BCUT2D eigenvalue weighted by Crippen LogP contribution is -2.44. The van der Waals surface area contributed by atoms with Gasteiger partial charge in [0.25, 0.3) is 0 Å². The van der Waals surface area contributed by atoms with Gasteiger partial charge in [-0.2, -0.15) is 0 Å². The predicted octanol–water partition coefficient (Wildman–Crippen LogP) is 2.85. The normalized spacial score (nSPS) is 28.0. The van der Waals surface area contributed by atoms with Gasteiger partial charge in [0.1, 0.15) is 0 Å². The standard InChI is InChI=1S/C19H29N3O2/c1-18(2)11-15-12-19(3,13-18)14-22(15)17(24)20-8-6-10-21-9-5-4-7-16(21)23/h4-5,7,9,15H,6,8,10-14H2,1-3H3,(H,20,24)/t15-,19-/m1/s1. The van der Waals surface area contributed by atoms with Crippen LogP contribution < -0.4 is 10.9 Å². The van der Waals surface area contributed by atoms with Crippen LogP contribution in [0.3, 0.4) is 0 Å². The first-order valence-corrected chi connectivity index (χ1v) is 8.98. The first-order valence-electron chi connectivity index (χ1n) is 8.98. The summed E-state index contributed by atoms with van der Waals surface area (Å²) in [5.74, 6) is 0. The maximum Gasteiger partial charge on any atom is 0.317 e. The van der Waals surface area contributed by atoms with Crippen molar-refractivity contribution in [2.24, 2.45) is 10.8 Å². The Morgan fingerprint density at radius 2 is 2.08 bits per heavy atom. The summed E-state index contributed by atoms with van der Waals surface area (Å²) in [5.41, 5.74) is 0.592. The minimum Gasteiger partial charge on any atom is -0.338 e. The van der Waals surface area contributed by atoms with Crippen LogP contribution in [0.15, 0.2) is 29.2 Å². The zero-order valence-electron chi connectivity index (χ0n) is 15.0. The number of carbonyl (C=O) groups excluding carboxylic acids is 1. The molecule has 1 saturated heterocycles. The summed E-state index contributed by atoms with van der Waals surface area (Å²) >= 11 is 0. The number of urea groups is 1. The summed E-state index contributed by atoms with van der Waals surface area (Å²) in [7, 11) is 0. The van der Waals surface area contributed by atoms with Crippen LogP contribution in [0, 0.1) is 10.8 Å². The molecule has 2 aliphatic rings. The second-order valence-electron chi connectivity index (χ2n) is 8.66. The molecule has 24 heavy (non-hydrogen) atoms. The quantitative estimate of drug-likeness (QED) is 0.863. The van der Waals surface area contributed by atoms with Crippen LogP contribution >= 0.6 is 0 Å². The number of carbonyl (C=O) groups is 1. The number of nitrogens with zero attached hydrogens (tertiary/aromatic N) is 2. The van der Waals surface area contributed by atoms with Gasteiger partial charge in [-0.25, -0.2) is 4.79 Å². The molecule has 2 heterocycles. The maximum absolute atomic E-state index is 12.6. The van der Waals surface area contributed by atoms with E-state index in [4.69, 9.17) is 0 Å². The lowest BCUT2D eigenvalue weighted by atomic mass is 9.65. The number of fused-ring (bicyclic) bond motifs is 2. The number of amides is 2. The van der Waals surface area contributed by atoms with E-state index in [1.165, 1.54) is 6.42 Å². The van der Waals surface area contributed by atoms with Crippen LogP contribution in [0.4, 0.5) is 4.79 Å². The van der Waals surface area contributed by atoms with Crippen molar-refractivity contribution < 1.29 is 4.79 Å². The Labute approximate surface area is 144 Å². The van der Waals surface area contributed by atoms with E-state index in [0.29, 0.717) is 24.5 Å². The topological polar surface area (TPSA) is 54.3 Å². The Hall–Kier alpha value is -1.78. The van der Waals surface area contributed by atoms with Crippen molar-refractivity contribution in [1.82, 2.24) is 14.8 Å². The highest BCUT2D eigenvalue weighted by molar-refractivity contribution is 5.75. The number of hydrogen-bond acceptors (Lipinski definition) is 2. The van der Waals surface area contributed by atoms with Gasteiger partial charge >= 0.3 is 6.03 Å². The summed E-state index contributed by atoms with van der Waals surface area (Å²) in [6.07, 6.45) is 5.96. The van der Waals surface area contributed by atoms with Gasteiger partial charge in [0, 0.05) is 37.9 Å². The van der Waals surface area contributed by atoms with E-state index >= 15 is 0 Å². The van der Waals surface area contributed by atoms with Crippen molar-refractivity contribution in [3.63, 3.8) is 0 Å². The number of nitrogens with one attached hydrogen (secondary N) is 1. The molecule has 3 rings (SSSR count). The zero-order chi connectivity index (χ0) is 17.4. The highest BCUT2D eigenvalue weighted by atomic mass is 16.2. The third-order valence-corrected chi connectivity index (χ3v) is 5.43. The SMILES string of the molecule is CC1(C)C[C@@H]2C[C@@](C)(CN2C(=O)NCCCn2ccccc2=O)C1. The molecule has 2 fully saturated rings. The van der Waals surface area contributed by atoms with Crippen molar-refractivity contribution in [1.29, 1.82) is 0 Å². The van der Waals surface area contributed by atoms with E-state index in [1.807, 2.05) is 11.0 Å². The molecule has 5 heteroatoms. The van der Waals surface area contributed by atoms with Crippen LogP contribution in [-0.4, -0.2) is 34.6 Å². The number of pyridine rings is 1. The first kappa shape index (κ1) is 17.1. The van der Waals surface area contributed by atoms with Crippen molar-refractivity contribution in [3.05, 3.63) is 34.7 Å². The molecule has 2 bridgehead atoms. The fourth-order valence-electron chi connectivity index (χ4n) is 4.89. The van der Waals surface area contributed by atoms with Crippen LogP contribution in [0.2, 0.25) is 0 Å². The Balaban J connectivity index is 1.50. The summed E-state index contributed by atoms with van der Waals surface area (Å²) in [6.45, 7) is 9.05. The second-order valence-corrected chi connectivity index (χ2v) is 8.66. The smallest absolute Gasteiger partial charge is 0.317 e. The van der Waals surface area contributed by atoms with E-state index in [-0.39, 0.29) is 17.0 Å². The van der Waals surface area contributed by atoms with E-state index < -0.39 is 0 Å². The molecule has 0 unspecified atom stereocenters. The molecule has 0 aromatic carbocycles. The number of likely N-dealkylation sites (tertiary alicyclic amines) is 1. The average Bonchev–Trinajstić information content (AvgIpc) is 2.74. The summed E-state index contributed by atoms with van der Waals surface area (Å²) in [4.78, 5) is 26.3. The molecule has 1 saturated carbocycles. The van der Waals surface area contributed by atoms with Crippen molar-refractivity contribution >= 4 is 6.03 Å². The van der Waals surface area contributed by atoms with Gasteiger partial charge in [0.15, 0.2) is 0 Å². The highest BCUT2D eigenvalue weighted by Gasteiger charge is 2.50. The Morgan fingerprint density at radius 3 is 2.83 bits per heavy atom. The number of aromatic nitrogens is 1. The maximum atomic E-state index is 12.6. The Kier molecular flexibility index (Phi) is 4.45. The average molecular weight is 331 g/mol. The fourth-order valence-corrected chi connectivity index (χ4v) is 4.89. The van der Waals surface area contributed by atoms with Crippen LogP contribution in [0.5, 0.6) is 0 Å². The molecule has 1 aliphatic heterocycles. The van der Waals surface area contributed by atoms with Crippen LogP contribution in [0.25, 0.3) is 0 Å². The lowest BCUT2D eigenvalue weighted by molar-refractivity contribution is 0.129. The van der Waals surface area contributed by atoms with Crippen LogP contribution in [-0.2, 0) is 6.54 Å². The van der Waals surface area contributed by atoms with Crippen molar-refractivity contribution in [2.45, 2.75) is 59.0 Å². The molecule has 5 nitrogen and oxygen atoms in total. The molecule has 1 aromatic rings.